The maximum atomic E-state index is 13.0. The fraction of sp³-hybridized carbons (Fsp3) is 0.444. The zero-order valence-corrected chi connectivity index (χ0v) is 14.8. The van der Waals surface area contributed by atoms with Crippen molar-refractivity contribution in [2.75, 3.05) is 13.1 Å². The van der Waals surface area contributed by atoms with Crippen molar-refractivity contribution in [3.05, 3.63) is 47.3 Å². The molecule has 0 bridgehead atoms. The van der Waals surface area contributed by atoms with E-state index in [1.165, 1.54) is 6.33 Å². The first-order valence-corrected chi connectivity index (χ1v) is 8.63. The molecule has 3 aromatic heterocycles. The molecule has 1 aliphatic heterocycles. The normalized spacial score (nSPS) is 18.0. The Morgan fingerprint density at radius 3 is 2.92 bits per heavy atom. The molecule has 4 rings (SSSR count). The lowest BCUT2D eigenvalue weighted by Gasteiger charge is -2.33. The van der Waals surface area contributed by atoms with Crippen LogP contribution in [0.4, 0.5) is 0 Å². The maximum Gasteiger partial charge on any atom is 0.255 e. The van der Waals surface area contributed by atoms with Crippen LogP contribution >= 0.6 is 0 Å². The van der Waals surface area contributed by atoms with Crippen molar-refractivity contribution in [3.8, 4) is 0 Å². The summed E-state index contributed by atoms with van der Waals surface area (Å²) in [5, 5.41) is 4.32. The van der Waals surface area contributed by atoms with Crippen LogP contribution in [0, 0.1) is 13.8 Å². The lowest BCUT2D eigenvalue weighted by molar-refractivity contribution is 0.0704. The molecule has 1 unspecified atom stereocenters. The van der Waals surface area contributed by atoms with Gasteiger partial charge in [-0.3, -0.25) is 4.79 Å². The van der Waals surface area contributed by atoms with Gasteiger partial charge in [-0.05, 0) is 38.8 Å². The monoisotopic (exact) mass is 338 g/mol. The Bertz CT molecular complexity index is 940. The highest BCUT2D eigenvalue weighted by Gasteiger charge is 2.28. The molecule has 0 radical (unpaired) electrons. The minimum Gasteiger partial charge on any atom is -0.354 e. The van der Waals surface area contributed by atoms with E-state index in [-0.39, 0.29) is 11.8 Å². The third kappa shape index (κ3) is 2.69. The highest BCUT2D eigenvalue weighted by Crippen LogP contribution is 2.28. The second kappa shape index (κ2) is 5.98. The van der Waals surface area contributed by atoms with Crippen molar-refractivity contribution in [2.24, 2.45) is 7.05 Å². The summed E-state index contributed by atoms with van der Waals surface area (Å²) >= 11 is 0. The van der Waals surface area contributed by atoms with Crippen LogP contribution in [0.25, 0.3) is 5.78 Å². The van der Waals surface area contributed by atoms with E-state index in [0.29, 0.717) is 12.3 Å². The van der Waals surface area contributed by atoms with E-state index in [0.717, 1.165) is 42.0 Å². The van der Waals surface area contributed by atoms with Crippen LogP contribution in [-0.2, 0) is 7.05 Å². The molecule has 1 amide bonds. The SMILES string of the molecule is Cc1cc(C2CCCN(C(=O)c3ccn(C)c3C)C2)n2ncnc2n1. The second-order valence-corrected chi connectivity index (χ2v) is 6.81. The Labute approximate surface area is 146 Å². The first-order valence-electron chi connectivity index (χ1n) is 8.63. The minimum absolute atomic E-state index is 0.114. The van der Waals surface area contributed by atoms with Crippen LogP contribution < -0.4 is 0 Å². The zero-order valence-electron chi connectivity index (χ0n) is 14.8. The Balaban J connectivity index is 1.63. The summed E-state index contributed by atoms with van der Waals surface area (Å²) in [6.07, 6.45) is 5.50. The molecule has 0 N–H and O–H groups in total. The molecule has 1 atom stereocenters. The number of hydrogen-bond donors (Lipinski definition) is 0. The van der Waals surface area contributed by atoms with Gasteiger partial charge in [-0.2, -0.15) is 10.1 Å². The lowest BCUT2D eigenvalue weighted by atomic mass is 9.93. The fourth-order valence-corrected chi connectivity index (χ4v) is 3.66. The summed E-state index contributed by atoms with van der Waals surface area (Å²) in [4.78, 5) is 23.5. The number of aryl methyl sites for hydroxylation is 2. The fourth-order valence-electron chi connectivity index (χ4n) is 3.66. The number of carbonyl (C=O) groups excluding carboxylic acids is 1. The van der Waals surface area contributed by atoms with Crippen LogP contribution in [-0.4, -0.2) is 48.0 Å². The molecular weight excluding hydrogens is 316 g/mol. The van der Waals surface area contributed by atoms with E-state index in [1.807, 2.05) is 42.6 Å². The molecule has 0 aromatic carbocycles. The molecule has 7 nitrogen and oxygen atoms in total. The third-order valence-electron chi connectivity index (χ3n) is 5.15. The lowest BCUT2D eigenvalue weighted by Crippen LogP contribution is -2.39. The van der Waals surface area contributed by atoms with Gasteiger partial charge in [0.15, 0.2) is 0 Å². The number of likely N-dealkylation sites (tertiary alicyclic amines) is 1. The van der Waals surface area contributed by atoms with Gasteiger partial charge in [0.2, 0.25) is 0 Å². The first-order chi connectivity index (χ1) is 12.0. The average Bonchev–Trinajstić information content (AvgIpc) is 3.21. The summed E-state index contributed by atoms with van der Waals surface area (Å²) in [6, 6.07) is 3.97. The number of aromatic nitrogens is 5. The largest absolute Gasteiger partial charge is 0.354 e. The molecule has 0 spiro atoms. The Kier molecular flexibility index (Phi) is 3.78. The van der Waals surface area contributed by atoms with Gasteiger partial charge in [0.25, 0.3) is 11.7 Å². The van der Waals surface area contributed by atoms with E-state index in [2.05, 4.69) is 21.1 Å². The molecule has 0 aliphatic carbocycles. The van der Waals surface area contributed by atoms with Gasteiger partial charge >= 0.3 is 0 Å². The van der Waals surface area contributed by atoms with Crippen molar-refractivity contribution >= 4 is 11.7 Å². The number of fused-ring (bicyclic) bond motifs is 1. The van der Waals surface area contributed by atoms with Gasteiger partial charge in [0, 0.05) is 43.6 Å². The van der Waals surface area contributed by atoms with Crippen molar-refractivity contribution < 1.29 is 4.79 Å². The minimum atomic E-state index is 0.114. The van der Waals surface area contributed by atoms with Gasteiger partial charge in [0.05, 0.1) is 11.3 Å². The van der Waals surface area contributed by atoms with E-state index < -0.39 is 0 Å². The van der Waals surface area contributed by atoms with Crippen molar-refractivity contribution in [3.63, 3.8) is 0 Å². The third-order valence-corrected chi connectivity index (χ3v) is 5.15. The van der Waals surface area contributed by atoms with Crippen LogP contribution in [0.3, 0.4) is 0 Å². The molecular formula is C18H22N6O. The van der Waals surface area contributed by atoms with E-state index in [4.69, 9.17) is 0 Å². The highest BCUT2D eigenvalue weighted by molar-refractivity contribution is 5.95. The predicted octanol–water partition coefficient (Wildman–Crippen LogP) is 2.10. The number of hydrogen-bond acceptors (Lipinski definition) is 4. The Morgan fingerprint density at radius 1 is 1.32 bits per heavy atom. The molecule has 1 aliphatic rings. The second-order valence-electron chi connectivity index (χ2n) is 6.81. The van der Waals surface area contributed by atoms with Gasteiger partial charge in [0.1, 0.15) is 6.33 Å². The number of amides is 1. The summed E-state index contributed by atoms with van der Waals surface area (Å²) in [5.74, 6) is 0.980. The molecule has 4 heterocycles. The Morgan fingerprint density at radius 2 is 2.16 bits per heavy atom. The van der Waals surface area contributed by atoms with E-state index in [1.54, 1.807) is 4.52 Å². The molecule has 130 valence electrons. The number of piperidine rings is 1. The first kappa shape index (κ1) is 15.8. The summed E-state index contributed by atoms with van der Waals surface area (Å²) in [6.45, 7) is 5.46. The van der Waals surface area contributed by atoms with Gasteiger partial charge in [-0.1, -0.05) is 0 Å². The number of rotatable bonds is 2. The van der Waals surface area contributed by atoms with Gasteiger partial charge < -0.3 is 9.47 Å². The summed E-state index contributed by atoms with van der Waals surface area (Å²) in [5.41, 5.74) is 3.81. The van der Waals surface area contributed by atoms with Crippen molar-refractivity contribution in [1.82, 2.24) is 29.0 Å². The zero-order chi connectivity index (χ0) is 17.6. The van der Waals surface area contributed by atoms with Gasteiger partial charge in [-0.15, -0.1) is 0 Å². The van der Waals surface area contributed by atoms with Crippen molar-refractivity contribution in [2.45, 2.75) is 32.6 Å². The quantitative estimate of drug-likeness (QED) is 0.717. The highest BCUT2D eigenvalue weighted by atomic mass is 16.2. The summed E-state index contributed by atoms with van der Waals surface area (Å²) in [7, 11) is 1.96. The maximum absolute atomic E-state index is 13.0. The molecule has 1 fully saturated rings. The average molecular weight is 338 g/mol. The van der Waals surface area contributed by atoms with E-state index >= 15 is 0 Å². The molecule has 7 heteroatoms. The van der Waals surface area contributed by atoms with Crippen LogP contribution in [0.15, 0.2) is 24.7 Å². The molecule has 3 aromatic rings. The molecule has 1 saturated heterocycles. The summed E-state index contributed by atoms with van der Waals surface area (Å²) < 4.78 is 3.79. The smallest absolute Gasteiger partial charge is 0.255 e. The standard InChI is InChI=1S/C18H22N6O/c1-12-9-16(24-18(21-12)19-11-20-24)14-5-4-7-23(10-14)17(25)15-6-8-22(3)13(15)2/h6,8-9,11,14H,4-5,7,10H2,1-3H3. The Hall–Kier alpha value is -2.70. The molecule has 0 saturated carbocycles. The predicted molar refractivity (Wildman–Crippen MR) is 93.5 cm³/mol. The van der Waals surface area contributed by atoms with Crippen LogP contribution in [0.5, 0.6) is 0 Å². The van der Waals surface area contributed by atoms with Gasteiger partial charge in [-0.25, -0.2) is 9.50 Å². The topological polar surface area (TPSA) is 68.3 Å². The van der Waals surface area contributed by atoms with E-state index in [9.17, 15) is 4.79 Å². The molecule has 25 heavy (non-hydrogen) atoms. The van der Waals surface area contributed by atoms with Crippen LogP contribution in [0.2, 0.25) is 0 Å². The van der Waals surface area contributed by atoms with Crippen LogP contribution in [0.1, 0.15) is 46.2 Å². The van der Waals surface area contributed by atoms with Crippen molar-refractivity contribution in [1.29, 1.82) is 0 Å². The number of nitrogens with zero attached hydrogens (tertiary/aromatic N) is 6. The number of carbonyl (C=O) groups is 1.